The molecule has 6 rings (SSSR count). The molecule has 5 aromatic rings. The van der Waals surface area contributed by atoms with E-state index in [1.165, 1.54) is 0 Å². The van der Waals surface area contributed by atoms with E-state index in [1.807, 2.05) is 89.8 Å². The summed E-state index contributed by atoms with van der Waals surface area (Å²) >= 11 is 18.2. The van der Waals surface area contributed by atoms with Crippen molar-refractivity contribution in [1.82, 2.24) is 10.3 Å². The van der Waals surface area contributed by atoms with Gasteiger partial charge in [-0.15, -0.1) is 0 Å². The van der Waals surface area contributed by atoms with Crippen LogP contribution in [0.5, 0.6) is 17.2 Å². The van der Waals surface area contributed by atoms with Crippen molar-refractivity contribution >= 4 is 46.2 Å². The first-order valence-electron chi connectivity index (χ1n) is 12.5. The summed E-state index contributed by atoms with van der Waals surface area (Å²) in [6, 6.07) is 29.8. The lowest BCUT2D eigenvalue weighted by atomic mass is 10.0. The van der Waals surface area contributed by atoms with Crippen LogP contribution in [0.25, 0.3) is 11.3 Å². The van der Waals surface area contributed by atoms with E-state index in [2.05, 4.69) is 10.3 Å². The molecule has 1 fully saturated rings. The lowest BCUT2D eigenvalue weighted by Crippen LogP contribution is -2.29. The highest BCUT2D eigenvalue weighted by Gasteiger charge is 2.42. The Labute approximate surface area is 247 Å². The Morgan fingerprint density at radius 3 is 2.25 bits per heavy atom. The number of nitrogens with one attached hydrogen (secondary N) is 1. The van der Waals surface area contributed by atoms with Gasteiger partial charge in [0.05, 0.1) is 28.9 Å². The molecule has 9 heteroatoms. The topological polar surface area (TPSA) is 59.8 Å². The molecule has 3 aromatic carbocycles. The second kappa shape index (κ2) is 11.2. The number of ether oxygens (including phenoxy) is 2. The van der Waals surface area contributed by atoms with Crippen LogP contribution in [0.3, 0.4) is 0 Å². The van der Waals surface area contributed by atoms with Gasteiger partial charge in [-0.1, -0.05) is 29.3 Å². The quantitative estimate of drug-likeness (QED) is 0.191. The Kier molecular flexibility index (Phi) is 7.34. The van der Waals surface area contributed by atoms with Crippen molar-refractivity contribution in [2.45, 2.75) is 12.1 Å². The molecule has 0 aliphatic carbocycles. The fourth-order valence-corrected chi connectivity index (χ4v) is 5.34. The number of halogens is 2. The van der Waals surface area contributed by atoms with Crippen molar-refractivity contribution in [1.29, 1.82) is 0 Å². The molecular weight excluding hydrogens is 565 g/mol. The summed E-state index contributed by atoms with van der Waals surface area (Å²) in [6.07, 6.45) is 1.77. The third-order valence-electron chi connectivity index (χ3n) is 6.63. The highest BCUT2D eigenvalue weighted by molar-refractivity contribution is 7.80. The van der Waals surface area contributed by atoms with Gasteiger partial charge in [0.2, 0.25) is 0 Å². The molecule has 1 aliphatic heterocycles. The summed E-state index contributed by atoms with van der Waals surface area (Å²) in [5.41, 5.74) is 2.56. The van der Waals surface area contributed by atoms with Crippen LogP contribution in [0.15, 0.2) is 108 Å². The van der Waals surface area contributed by atoms with Gasteiger partial charge in [0.25, 0.3) is 0 Å². The van der Waals surface area contributed by atoms with E-state index < -0.39 is 0 Å². The van der Waals surface area contributed by atoms with Crippen LogP contribution >= 0.6 is 35.4 Å². The summed E-state index contributed by atoms with van der Waals surface area (Å²) in [5, 5.41) is 4.97. The Morgan fingerprint density at radius 2 is 1.57 bits per heavy atom. The van der Waals surface area contributed by atoms with Crippen LogP contribution in [0.2, 0.25) is 10.0 Å². The van der Waals surface area contributed by atoms with E-state index in [9.17, 15) is 0 Å². The number of nitrogens with zero attached hydrogens (tertiary/aromatic N) is 2. The largest absolute Gasteiger partial charge is 0.497 e. The number of rotatable bonds is 7. The molecule has 0 amide bonds. The molecule has 0 radical (unpaired) electrons. The molecule has 6 nitrogen and oxygen atoms in total. The smallest absolute Gasteiger partial charge is 0.174 e. The van der Waals surface area contributed by atoms with Gasteiger partial charge in [0.1, 0.15) is 34.8 Å². The summed E-state index contributed by atoms with van der Waals surface area (Å²) in [4.78, 5) is 6.65. The Balaban J connectivity index is 1.33. The number of pyridine rings is 1. The van der Waals surface area contributed by atoms with Gasteiger partial charge in [-0.2, -0.15) is 0 Å². The highest BCUT2D eigenvalue weighted by Crippen LogP contribution is 2.43. The fraction of sp³-hybridized carbons (Fsp3) is 0.0968. The molecule has 1 saturated heterocycles. The summed E-state index contributed by atoms with van der Waals surface area (Å²) < 4.78 is 17.7. The average molecular weight is 589 g/mol. The molecule has 2 aromatic heterocycles. The summed E-state index contributed by atoms with van der Waals surface area (Å²) in [5.74, 6) is 3.58. The predicted molar refractivity (Wildman–Crippen MR) is 162 cm³/mol. The number of furan rings is 1. The van der Waals surface area contributed by atoms with Crippen LogP contribution in [-0.4, -0.2) is 17.2 Å². The highest BCUT2D eigenvalue weighted by atomic mass is 35.5. The first-order chi connectivity index (χ1) is 19.5. The molecular formula is C31H23Cl2N3O3S. The molecule has 40 heavy (non-hydrogen) atoms. The number of hydrogen-bond donors (Lipinski definition) is 1. The number of anilines is 1. The Hall–Kier alpha value is -4.04. The van der Waals surface area contributed by atoms with E-state index in [0.29, 0.717) is 32.4 Å². The second-order valence-corrected chi connectivity index (χ2v) is 10.3. The van der Waals surface area contributed by atoms with Crippen LogP contribution in [0.4, 0.5) is 5.69 Å². The minimum atomic E-state index is -0.299. The van der Waals surface area contributed by atoms with Crippen LogP contribution in [-0.2, 0) is 0 Å². The van der Waals surface area contributed by atoms with Crippen LogP contribution in [0, 0.1) is 0 Å². The number of aromatic nitrogens is 1. The minimum Gasteiger partial charge on any atom is -0.497 e. The summed E-state index contributed by atoms with van der Waals surface area (Å²) in [7, 11) is 1.63. The zero-order valence-corrected chi connectivity index (χ0v) is 23.6. The van der Waals surface area contributed by atoms with Gasteiger partial charge in [-0.05, 0) is 103 Å². The predicted octanol–water partition coefficient (Wildman–Crippen LogP) is 8.63. The standard InChI is InChI=1S/C31H23Cl2N3O3S/c1-37-21-10-12-23(13-11-21)38-22-8-6-20(7-9-22)36-30(29(35-31(36)40)26-4-2-3-17-34-26)28-16-15-27(39-28)19-5-14-24(32)25(33)18-19/h2-18,29-30H,1H3,(H,35,40)/t29-,30-/m1/s1. The van der Waals surface area contributed by atoms with Gasteiger partial charge in [0.15, 0.2) is 5.11 Å². The van der Waals surface area contributed by atoms with E-state index in [1.54, 1.807) is 25.4 Å². The maximum Gasteiger partial charge on any atom is 0.174 e. The normalized spacial score (nSPS) is 16.6. The maximum atomic E-state index is 6.42. The van der Waals surface area contributed by atoms with E-state index in [0.717, 1.165) is 28.5 Å². The van der Waals surface area contributed by atoms with Gasteiger partial charge in [-0.25, -0.2) is 0 Å². The third kappa shape index (κ3) is 5.23. The molecule has 0 bridgehead atoms. The zero-order chi connectivity index (χ0) is 27.6. The number of methoxy groups -OCH3 is 1. The fourth-order valence-electron chi connectivity index (χ4n) is 4.69. The Morgan fingerprint density at radius 1 is 0.850 bits per heavy atom. The lowest BCUT2D eigenvalue weighted by molar-refractivity contribution is 0.413. The first kappa shape index (κ1) is 26.2. The monoisotopic (exact) mass is 587 g/mol. The van der Waals surface area contributed by atoms with Crippen molar-refractivity contribution in [2.75, 3.05) is 12.0 Å². The maximum absolute atomic E-state index is 6.42. The molecule has 0 saturated carbocycles. The van der Waals surface area contributed by atoms with Crippen molar-refractivity contribution in [3.63, 3.8) is 0 Å². The van der Waals surface area contributed by atoms with Crippen molar-refractivity contribution in [3.8, 4) is 28.6 Å². The molecule has 3 heterocycles. The van der Waals surface area contributed by atoms with Gasteiger partial charge in [-0.3, -0.25) is 4.98 Å². The lowest BCUT2D eigenvalue weighted by Gasteiger charge is -2.26. The SMILES string of the molecule is COc1ccc(Oc2ccc(N3C(=S)N[C@H](c4ccccn4)[C@H]3c3ccc(-c4ccc(Cl)c(Cl)c4)o3)cc2)cc1. The molecule has 1 N–H and O–H groups in total. The molecule has 1 aliphatic rings. The van der Waals surface area contributed by atoms with E-state index in [4.69, 9.17) is 49.3 Å². The molecule has 200 valence electrons. The minimum absolute atomic E-state index is 0.239. The molecule has 2 atom stereocenters. The third-order valence-corrected chi connectivity index (χ3v) is 7.68. The Bertz CT molecular complexity index is 1640. The summed E-state index contributed by atoms with van der Waals surface area (Å²) in [6.45, 7) is 0. The second-order valence-electron chi connectivity index (χ2n) is 9.10. The van der Waals surface area contributed by atoms with Crippen molar-refractivity contribution in [3.05, 3.63) is 125 Å². The van der Waals surface area contributed by atoms with Gasteiger partial charge < -0.3 is 24.1 Å². The average Bonchev–Trinajstić information content (AvgIpc) is 3.60. The van der Waals surface area contributed by atoms with E-state index >= 15 is 0 Å². The molecule has 0 spiro atoms. The van der Waals surface area contributed by atoms with E-state index in [-0.39, 0.29) is 12.1 Å². The number of thiocarbonyl (C=S) groups is 1. The van der Waals surface area contributed by atoms with Crippen molar-refractivity contribution in [2.24, 2.45) is 0 Å². The van der Waals surface area contributed by atoms with Gasteiger partial charge in [0, 0.05) is 17.4 Å². The number of hydrogen-bond acceptors (Lipinski definition) is 5. The number of benzene rings is 3. The van der Waals surface area contributed by atoms with Gasteiger partial charge >= 0.3 is 0 Å². The van der Waals surface area contributed by atoms with Crippen LogP contribution in [0.1, 0.15) is 23.5 Å². The zero-order valence-electron chi connectivity index (χ0n) is 21.3. The van der Waals surface area contributed by atoms with Crippen molar-refractivity contribution < 1.29 is 13.9 Å². The molecule has 0 unspecified atom stereocenters. The first-order valence-corrected chi connectivity index (χ1v) is 13.6. The van der Waals surface area contributed by atoms with Crippen LogP contribution < -0.4 is 19.7 Å².